The van der Waals surface area contributed by atoms with Crippen molar-refractivity contribution < 1.29 is 14.3 Å². The minimum Gasteiger partial charge on any atom is -0.461 e. The summed E-state index contributed by atoms with van der Waals surface area (Å²) in [6.07, 6.45) is 0. The molecule has 0 unspecified atom stereocenters. The van der Waals surface area contributed by atoms with Gasteiger partial charge < -0.3 is 9.64 Å². The van der Waals surface area contributed by atoms with Gasteiger partial charge in [0, 0.05) is 13.1 Å². The summed E-state index contributed by atoms with van der Waals surface area (Å²) in [7, 11) is 0. The first kappa shape index (κ1) is 15.9. The van der Waals surface area contributed by atoms with Crippen LogP contribution in [0.2, 0.25) is 0 Å². The number of hydrogen-bond donors (Lipinski definition) is 0. The molecule has 0 bridgehead atoms. The van der Waals surface area contributed by atoms with Crippen molar-refractivity contribution in [3.63, 3.8) is 0 Å². The maximum atomic E-state index is 11.8. The summed E-state index contributed by atoms with van der Waals surface area (Å²) >= 11 is 2.44. The van der Waals surface area contributed by atoms with Gasteiger partial charge in [0.05, 0.1) is 12.4 Å². The second kappa shape index (κ2) is 8.11. The van der Waals surface area contributed by atoms with Crippen molar-refractivity contribution in [3.8, 4) is 0 Å². The van der Waals surface area contributed by atoms with E-state index in [0.717, 1.165) is 11.3 Å². The van der Waals surface area contributed by atoms with Gasteiger partial charge in [-0.3, -0.25) is 4.79 Å². The molecule has 6 nitrogen and oxygen atoms in total. The lowest BCUT2D eigenvalue weighted by Gasteiger charge is -2.17. The second-order valence-electron chi connectivity index (χ2n) is 3.45. The summed E-state index contributed by atoms with van der Waals surface area (Å²) in [5.74, 6) is -0.108. The molecule has 0 aromatic carbocycles. The highest BCUT2D eigenvalue weighted by molar-refractivity contribution is 8.01. The lowest BCUT2D eigenvalue weighted by molar-refractivity contribution is -0.127. The van der Waals surface area contributed by atoms with Gasteiger partial charge in [-0.2, -0.15) is 0 Å². The third-order valence-corrected chi connectivity index (χ3v) is 4.31. The molecule has 19 heavy (non-hydrogen) atoms. The predicted octanol–water partition coefficient (Wildman–Crippen LogP) is 1.68. The van der Waals surface area contributed by atoms with E-state index in [1.165, 1.54) is 11.8 Å². The molecule has 0 saturated carbocycles. The topological polar surface area (TPSA) is 72.4 Å². The van der Waals surface area contributed by atoms with Crippen LogP contribution in [0.25, 0.3) is 0 Å². The maximum absolute atomic E-state index is 11.8. The number of hydrogen-bond acceptors (Lipinski definition) is 7. The standard InChI is InChI=1S/C11H17N3O3S2/c1-4-14(5-2)8(15)7-18-11-13-12-9(19-11)10(16)17-6-3/h4-7H2,1-3H3. The van der Waals surface area contributed by atoms with Crippen LogP contribution in [0, 0.1) is 0 Å². The molecule has 0 aliphatic heterocycles. The first-order valence-electron chi connectivity index (χ1n) is 6.03. The number of thioether (sulfide) groups is 1. The van der Waals surface area contributed by atoms with Crippen molar-refractivity contribution in [3.05, 3.63) is 5.01 Å². The molecule has 0 N–H and O–H groups in total. The van der Waals surface area contributed by atoms with E-state index < -0.39 is 5.97 Å². The van der Waals surface area contributed by atoms with Gasteiger partial charge in [-0.1, -0.05) is 23.1 Å². The molecule has 0 radical (unpaired) electrons. The molecule has 0 aliphatic carbocycles. The van der Waals surface area contributed by atoms with E-state index in [4.69, 9.17) is 4.74 Å². The molecule has 1 aromatic rings. The maximum Gasteiger partial charge on any atom is 0.369 e. The van der Waals surface area contributed by atoms with Crippen LogP contribution < -0.4 is 0 Å². The van der Waals surface area contributed by atoms with E-state index in [0.29, 0.717) is 29.8 Å². The second-order valence-corrected chi connectivity index (χ2v) is 5.65. The van der Waals surface area contributed by atoms with Crippen molar-refractivity contribution >= 4 is 35.0 Å². The molecule has 1 amide bonds. The zero-order valence-corrected chi connectivity index (χ0v) is 12.8. The Kier molecular flexibility index (Phi) is 6.79. The van der Waals surface area contributed by atoms with Crippen LogP contribution in [-0.4, -0.2) is 52.4 Å². The van der Waals surface area contributed by atoms with Crippen molar-refractivity contribution in [2.45, 2.75) is 25.1 Å². The number of carbonyl (C=O) groups is 2. The zero-order valence-electron chi connectivity index (χ0n) is 11.2. The molecule has 0 atom stereocenters. The van der Waals surface area contributed by atoms with Crippen molar-refractivity contribution in [1.82, 2.24) is 15.1 Å². The molecule has 1 rings (SSSR count). The summed E-state index contributed by atoms with van der Waals surface area (Å²) < 4.78 is 5.42. The van der Waals surface area contributed by atoms with Crippen LogP contribution in [-0.2, 0) is 9.53 Å². The average Bonchev–Trinajstić information content (AvgIpc) is 2.87. The third-order valence-electron chi connectivity index (χ3n) is 2.29. The SMILES string of the molecule is CCOC(=O)c1nnc(SCC(=O)N(CC)CC)s1. The molecule has 8 heteroatoms. The third kappa shape index (κ3) is 4.79. The molecular weight excluding hydrogens is 286 g/mol. The van der Waals surface area contributed by atoms with E-state index >= 15 is 0 Å². The normalized spacial score (nSPS) is 10.3. The molecule has 0 saturated heterocycles. The van der Waals surface area contributed by atoms with E-state index in [-0.39, 0.29) is 10.9 Å². The van der Waals surface area contributed by atoms with Gasteiger partial charge in [0.25, 0.3) is 0 Å². The Morgan fingerprint density at radius 2 is 1.95 bits per heavy atom. The lowest BCUT2D eigenvalue weighted by atomic mass is 10.5. The number of rotatable bonds is 7. The Hall–Kier alpha value is -1.15. The minimum absolute atomic E-state index is 0.0582. The average molecular weight is 303 g/mol. The van der Waals surface area contributed by atoms with Crippen LogP contribution >= 0.6 is 23.1 Å². The predicted molar refractivity (Wildman–Crippen MR) is 74.5 cm³/mol. The summed E-state index contributed by atoms with van der Waals surface area (Å²) in [5.41, 5.74) is 0. The molecular formula is C11H17N3O3S2. The number of carbonyl (C=O) groups excluding carboxylic acids is 2. The van der Waals surface area contributed by atoms with Gasteiger partial charge in [0.15, 0.2) is 4.34 Å². The summed E-state index contributed by atoms with van der Waals surface area (Å²) in [6.45, 7) is 7.31. The molecule has 0 spiro atoms. The molecule has 0 aliphatic rings. The van der Waals surface area contributed by atoms with Crippen LogP contribution in [0.15, 0.2) is 4.34 Å². The Labute approximate surface area is 120 Å². The lowest BCUT2D eigenvalue weighted by Crippen LogP contribution is -2.31. The van der Waals surface area contributed by atoms with Crippen LogP contribution in [0.1, 0.15) is 30.6 Å². The highest BCUT2D eigenvalue weighted by Crippen LogP contribution is 2.23. The number of nitrogens with zero attached hydrogens (tertiary/aromatic N) is 3. The van der Waals surface area contributed by atoms with Crippen molar-refractivity contribution in [1.29, 1.82) is 0 Å². The van der Waals surface area contributed by atoms with Gasteiger partial charge in [0.1, 0.15) is 0 Å². The Bertz CT molecular complexity index is 433. The number of amides is 1. The minimum atomic E-state index is -0.470. The number of aromatic nitrogens is 2. The van der Waals surface area contributed by atoms with E-state index in [2.05, 4.69) is 10.2 Å². The highest BCUT2D eigenvalue weighted by atomic mass is 32.2. The van der Waals surface area contributed by atoms with E-state index in [1.54, 1.807) is 11.8 Å². The zero-order chi connectivity index (χ0) is 14.3. The van der Waals surface area contributed by atoms with Crippen molar-refractivity contribution in [2.75, 3.05) is 25.4 Å². The van der Waals surface area contributed by atoms with Crippen LogP contribution in [0.3, 0.4) is 0 Å². The summed E-state index contributed by atoms with van der Waals surface area (Å²) in [5, 5.41) is 7.83. The quantitative estimate of drug-likeness (QED) is 0.563. The highest BCUT2D eigenvalue weighted by Gasteiger charge is 2.16. The van der Waals surface area contributed by atoms with Gasteiger partial charge in [-0.15, -0.1) is 10.2 Å². The first-order valence-corrected chi connectivity index (χ1v) is 7.83. The smallest absolute Gasteiger partial charge is 0.369 e. The first-order chi connectivity index (χ1) is 9.12. The Morgan fingerprint density at radius 1 is 1.26 bits per heavy atom. The van der Waals surface area contributed by atoms with Crippen molar-refractivity contribution in [2.24, 2.45) is 0 Å². The monoisotopic (exact) mass is 303 g/mol. The molecule has 106 valence electrons. The summed E-state index contributed by atoms with van der Waals surface area (Å²) in [4.78, 5) is 24.9. The van der Waals surface area contributed by atoms with E-state index in [1.807, 2.05) is 13.8 Å². The fourth-order valence-electron chi connectivity index (χ4n) is 1.33. The van der Waals surface area contributed by atoms with Gasteiger partial charge in [0.2, 0.25) is 10.9 Å². The van der Waals surface area contributed by atoms with Gasteiger partial charge >= 0.3 is 5.97 Å². The molecule has 1 heterocycles. The van der Waals surface area contributed by atoms with Gasteiger partial charge in [-0.25, -0.2) is 4.79 Å². The fraction of sp³-hybridized carbons (Fsp3) is 0.636. The molecule has 1 aromatic heterocycles. The van der Waals surface area contributed by atoms with E-state index in [9.17, 15) is 9.59 Å². The Balaban J connectivity index is 2.50. The van der Waals surface area contributed by atoms with Crippen LogP contribution in [0.4, 0.5) is 0 Å². The Morgan fingerprint density at radius 3 is 2.53 bits per heavy atom. The van der Waals surface area contributed by atoms with Gasteiger partial charge in [-0.05, 0) is 20.8 Å². The molecule has 0 fully saturated rings. The summed E-state index contributed by atoms with van der Waals surface area (Å²) in [6, 6.07) is 0. The largest absolute Gasteiger partial charge is 0.461 e. The number of esters is 1. The van der Waals surface area contributed by atoms with Crippen LogP contribution in [0.5, 0.6) is 0 Å². The number of ether oxygens (including phenoxy) is 1. The fourth-order valence-corrected chi connectivity index (χ4v) is 2.98.